The first-order chi connectivity index (χ1) is 8.40. The molecule has 0 aliphatic carbocycles. The number of H-pyrrole nitrogens is 2. The number of fused-ring (bicyclic) bond motifs is 1. The summed E-state index contributed by atoms with van der Waals surface area (Å²) < 4.78 is 0. The van der Waals surface area contributed by atoms with Gasteiger partial charge in [0.25, 0.3) is 0 Å². The highest BCUT2D eigenvalue weighted by molar-refractivity contribution is 5.84. The van der Waals surface area contributed by atoms with Gasteiger partial charge in [-0.15, -0.1) is 0 Å². The van der Waals surface area contributed by atoms with Crippen molar-refractivity contribution >= 4 is 10.9 Å². The first-order valence-corrected chi connectivity index (χ1v) is 5.35. The summed E-state index contributed by atoms with van der Waals surface area (Å²) in [5.41, 5.74) is 1.99. The van der Waals surface area contributed by atoms with E-state index in [2.05, 4.69) is 21.0 Å². The summed E-state index contributed by atoms with van der Waals surface area (Å²) in [6.07, 6.45) is 5.27. The van der Waals surface area contributed by atoms with Gasteiger partial charge in [0.15, 0.2) is 0 Å². The van der Waals surface area contributed by atoms with Gasteiger partial charge in [-0.05, 0) is 6.07 Å². The lowest BCUT2D eigenvalue weighted by Gasteiger charge is -2.04. The molecule has 0 aliphatic heterocycles. The average Bonchev–Trinajstić information content (AvgIpc) is 3.01. The number of nitrogens with one attached hydrogen (secondary N) is 2. The van der Waals surface area contributed by atoms with Crippen molar-refractivity contribution in [2.75, 3.05) is 0 Å². The number of hydrogen-bond donors (Lipinski definition) is 2. The zero-order valence-corrected chi connectivity index (χ0v) is 9.01. The van der Waals surface area contributed by atoms with E-state index in [1.54, 1.807) is 12.4 Å². The molecule has 0 aliphatic rings. The van der Waals surface area contributed by atoms with Crippen LogP contribution in [0.1, 0.15) is 17.3 Å². The Morgan fingerprint density at radius 2 is 2.12 bits per heavy atom. The molecule has 17 heavy (non-hydrogen) atoms. The van der Waals surface area contributed by atoms with Crippen LogP contribution in [-0.2, 0) is 0 Å². The van der Waals surface area contributed by atoms with Gasteiger partial charge < -0.3 is 9.97 Å². The van der Waals surface area contributed by atoms with Gasteiger partial charge in [0, 0.05) is 35.1 Å². The van der Waals surface area contributed by atoms with Crippen molar-refractivity contribution < 1.29 is 0 Å². The molecular formula is C13H10N4. The maximum Gasteiger partial charge on any atom is 0.131 e. The van der Waals surface area contributed by atoms with Crippen molar-refractivity contribution in [1.29, 1.82) is 5.26 Å². The molecule has 0 saturated carbocycles. The predicted molar refractivity (Wildman–Crippen MR) is 64.3 cm³/mol. The molecule has 2 aromatic heterocycles. The third-order valence-electron chi connectivity index (χ3n) is 2.85. The van der Waals surface area contributed by atoms with Crippen LogP contribution >= 0.6 is 0 Å². The Kier molecular flexibility index (Phi) is 2.16. The number of hydrogen-bond acceptors (Lipinski definition) is 2. The van der Waals surface area contributed by atoms with E-state index in [4.69, 9.17) is 0 Å². The second-order valence-corrected chi connectivity index (χ2v) is 3.83. The van der Waals surface area contributed by atoms with E-state index in [0.29, 0.717) is 5.82 Å². The van der Waals surface area contributed by atoms with E-state index in [1.165, 1.54) is 0 Å². The van der Waals surface area contributed by atoms with Crippen molar-refractivity contribution in [2.24, 2.45) is 0 Å². The van der Waals surface area contributed by atoms with Crippen molar-refractivity contribution in [1.82, 2.24) is 15.0 Å². The number of aromatic nitrogens is 3. The molecule has 0 saturated heterocycles. The van der Waals surface area contributed by atoms with Crippen LogP contribution < -0.4 is 0 Å². The molecule has 2 N–H and O–H groups in total. The minimum atomic E-state index is -0.360. The highest BCUT2D eigenvalue weighted by atomic mass is 14.9. The van der Waals surface area contributed by atoms with Crippen LogP contribution in [0, 0.1) is 11.3 Å². The first-order valence-electron chi connectivity index (χ1n) is 5.35. The maximum absolute atomic E-state index is 9.31. The number of aromatic amines is 2. The molecule has 4 nitrogen and oxygen atoms in total. The number of nitriles is 1. The van der Waals surface area contributed by atoms with E-state index in [1.807, 2.05) is 30.5 Å². The standard InChI is InChI=1S/C13H10N4/c14-7-10(13-15-5-6-16-13)11-8-17-12-4-2-1-3-9(11)12/h1-6,8,10,17H,(H,15,16). The summed E-state index contributed by atoms with van der Waals surface area (Å²) in [4.78, 5) is 10.3. The van der Waals surface area contributed by atoms with Crippen LogP contribution in [0.2, 0.25) is 0 Å². The Balaban J connectivity index is 2.18. The maximum atomic E-state index is 9.31. The van der Waals surface area contributed by atoms with Crippen LogP contribution in [-0.4, -0.2) is 15.0 Å². The lowest BCUT2D eigenvalue weighted by atomic mass is 9.99. The summed E-state index contributed by atoms with van der Waals surface area (Å²) in [5.74, 6) is 0.318. The molecule has 82 valence electrons. The average molecular weight is 222 g/mol. The van der Waals surface area contributed by atoms with Gasteiger partial charge in [0.05, 0.1) is 6.07 Å². The van der Waals surface area contributed by atoms with E-state index in [9.17, 15) is 5.26 Å². The van der Waals surface area contributed by atoms with Gasteiger partial charge in [-0.1, -0.05) is 18.2 Å². The number of rotatable bonds is 2. The minimum Gasteiger partial charge on any atom is -0.361 e. The lowest BCUT2D eigenvalue weighted by Crippen LogP contribution is -1.99. The Morgan fingerprint density at radius 1 is 1.24 bits per heavy atom. The Bertz CT molecular complexity index is 673. The van der Waals surface area contributed by atoms with Crippen LogP contribution in [0.25, 0.3) is 10.9 Å². The number of nitrogens with zero attached hydrogens (tertiary/aromatic N) is 2. The SMILES string of the molecule is N#CC(c1ncc[nH]1)c1c[nH]c2ccccc12. The summed E-state index contributed by atoms with van der Waals surface area (Å²) in [7, 11) is 0. The van der Waals surface area contributed by atoms with Crippen LogP contribution in [0.5, 0.6) is 0 Å². The van der Waals surface area contributed by atoms with Gasteiger partial charge in [-0.25, -0.2) is 4.98 Å². The summed E-state index contributed by atoms with van der Waals surface area (Å²) in [6, 6.07) is 10.2. The Labute approximate surface area is 97.9 Å². The monoisotopic (exact) mass is 222 g/mol. The Hall–Kier alpha value is -2.54. The van der Waals surface area contributed by atoms with Gasteiger partial charge >= 0.3 is 0 Å². The van der Waals surface area contributed by atoms with Crippen molar-refractivity contribution in [3.63, 3.8) is 0 Å². The zero-order valence-electron chi connectivity index (χ0n) is 9.01. The predicted octanol–water partition coefficient (Wildman–Crippen LogP) is 2.55. The first kappa shape index (κ1) is 9.67. The quantitative estimate of drug-likeness (QED) is 0.699. The number of imidazole rings is 1. The normalized spacial score (nSPS) is 12.4. The van der Waals surface area contributed by atoms with Gasteiger partial charge in [0.1, 0.15) is 11.7 Å². The highest BCUT2D eigenvalue weighted by Gasteiger charge is 2.19. The number of para-hydroxylation sites is 1. The van der Waals surface area contributed by atoms with Gasteiger partial charge in [-0.3, -0.25) is 0 Å². The van der Waals surface area contributed by atoms with E-state index < -0.39 is 0 Å². The fraction of sp³-hybridized carbons (Fsp3) is 0.0769. The van der Waals surface area contributed by atoms with Crippen LogP contribution in [0.4, 0.5) is 0 Å². The molecule has 4 heteroatoms. The smallest absolute Gasteiger partial charge is 0.131 e. The molecule has 0 spiro atoms. The molecule has 0 amide bonds. The topological polar surface area (TPSA) is 68.3 Å². The van der Waals surface area contributed by atoms with Gasteiger partial charge in [-0.2, -0.15) is 5.26 Å². The van der Waals surface area contributed by atoms with Gasteiger partial charge in [0.2, 0.25) is 0 Å². The van der Waals surface area contributed by atoms with Crippen molar-refractivity contribution in [2.45, 2.75) is 5.92 Å². The summed E-state index contributed by atoms with van der Waals surface area (Å²) >= 11 is 0. The van der Waals surface area contributed by atoms with Crippen molar-refractivity contribution in [3.8, 4) is 6.07 Å². The highest BCUT2D eigenvalue weighted by Crippen LogP contribution is 2.28. The zero-order chi connectivity index (χ0) is 11.7. The fourth-order valence-electron chi connectivity index (χ4n) is 2.05. The molecule has 0 fully saturated rings. The lowest BCUT2D eigenvalue weighted by molar-refractivity contribution is 0.934. The molecular weight excluding hydrogens is 212 g/mol. The molecule has 3 aromatic rings. The molecule has 1 aromatic carbocycles. The fourth-order valence-corrected chi connectivity index (χ4v) is 2.05. The molecule has 2 heterocycles. The summed E-state index contributed by atoms with van der Waals surface area (Å²) in [6.45, 7) is 0. The molecule has 3 rings (SSSR count). The summed E-state index contributed by atoms with van der Waals surface area (Å²) in [5, 5.41) is 10.4. The van der Waals surface area contributed by atoms with Crippen LogP contribution in [0.15, 0.2) is 42.9 Å². The second kappa shape index (κ2) is 3.80. The molecule has 1 unspecified atom stereocenters. The van der Waals surface area contributed by atoms with Crippen molar-refractivity contribution in [3.05, 3.63) is 54.2 Å². The molecule has 0 radical (unpaired) electrons. The molecule has 0 bridgehead atoms. The third kappa shape index (κ3) is 1.49. The Morgan fingerprint density at radius 3 is 2.88 bits per heavy atom. The third-order valence-corrected chi connectivity index (χ3v) is 2.85. The number of benzene rings is 1. The van der Waals surface area contributed by atoms with E-state index in [-0.39, 0.29) is 5.92 Å². The largest absolute Gasteiger partial charge is 0.361 e. The minimum absolute atomic E-state index is 0.360. The van der Waals surface area contributed by atoms with E-state index in [0.717, 1.165) is 16.5 Å². The second-order valence-electron chi connectivity index (χ2n) is 3.83. The van der Waals surface area contributed by atoms with E-state index >= 15 is 0 Å². The van der Waals surface area contributed by atoms with Crippen LogP contribution in [0.3, 0.4) is 0 Å². The molecule has 1 atom stereocenters.